The quantitative estimate of drug-likeness (QED) is 0.500. The van der Waals surface area contributed by atoms with E-state index in [4.69, 9.17) is 5.73 Å². The SMILES string of the molecule is C[C@H]1N=C(N)SC1=O. The van der Waals surface area contributed by atoms with Gasteiger partial charge in [-0.2, -0.15) is 0 Å². The Hall–Kier alpha value is -0.510. The molecule has 0 spiro atoms. The molecular weight excluding hydrogens is 124 g/mol. The van der Waals surface area contributed by atoms with E-state index in [-0.39, 0.29) is 11.2 Å². The molecule has 0 aliphatic carbocycles. The van der Waals surface area contributed by atoms with Crippen LogP contribution in [0.1, 0.15) is 6.92 Å². The first-order valence-electron chi connectivity index (χ1n) is 2.25. The van der Waals surface area contributed by atoms with Crippen LogP contribution in [0.3, 0.4) is 0 Å². The van der Waals surface area contributed by atoms with Crippen LogP contribution in [-0.4, -0.2) is 16.3 Å². The molecule has 0 saturated carbocycles. The predicted molar refractivity (Wildman–Crippen MR) is 33.7 cm³/mol. The average Bonchev–Trinajstić information content (AvgIpc) is 1.85. The number of nitrogens with two attached hydrogens (primary N) is 1. The van der Waals surface area contributed by atoms with E-state index >= 15 is 0 Å². The van der Waals surface area contributed by atoms with E-state index in [2.05, 4.69) is 4.99 Å². The predicted octanol–water partition coefficient (Wildman–Crippen LogP) is -0.0370. The Morgan fingerprint density at radius 2 is 2.50 bits per heavy atom. The van der Waals surface area contributed by atoms with Crippen molar-refractivity contribution in [3.05, 3.63) is 0 Å². The van der Waals surface area contributed by atoms with E-state index in [0.29, 0.717) is 5.17 Å². The second-order valence-electron chi connectivity index (χ2n) is 1.56. The number of nitrogens with zero attached hydrogens (tertiary/aromatic N) is 1. The van der Waals surface area contributed by atoms with Crippen LogP contribution < -0.4 is 5.73 Å². The lowest BCUT2D eigenvalue weighted by Gasteiger charge is -1.86. The van der Waals surface area contributed by atoms with Crippen LogP contribution in [0.2, 0.25) is 0 Å². The minimum absolute atomic E-state index is 0.0440. The highest BCUT2D eigenvalue weighted by atomic mass is 32.2. The van der Waals surface area contributed by atoms with Crippen LogP contribution in [0.4, 0.5) is 0 Å². The van der Waals surface area contributed by atoms with Gasteiger partial charge in [0.1, 0.15) is 6.04 Å². The minimum Gasteiger partial charge on any atom is -0.378 e. The van der Waals surface area contributed by atoms with Crippen molar-refractivity contribution in [2.24, 2.45) is 10.7 Å². The third kappa shape index (κ3) is 0.838. The van der Waals surface area contributed by atoms with Crippen molar-refractivity contribution in [1.29, 1.82) is 0 Å². The zero-order valence-electron chi connectivity index (χ0n) is 4.42. The van der Waals surface area contributed by atoms with Gasteiger partial charge in [0.05, 0.1) is 0 Å². The largest absolute Gasteiger partial charge is 0.378 e. The van der Waals surface area contributed by atoms with Crippen LogP contribution in [0.5, 0.6) is 0 Å². The van der Waals surface area contributed by atoms with Gasteiger partial charge in [0.25, 0.3) is 0 Å². The lowest BCUT2D eigenvalue weighted by molar-refractivity contribution is -0.111. The molecule has 1 aliphatic heterocycles. The zero-order chi connectivity index (χ0) is 6.15. The number of carbonyl (C=O) groups is 1. The zero-order valence-corrected chi connectivity index (χ0v) is 5.23. The van der Waals surface area contributed by atoms with E-state index in [1.807, 2.05) is 0 Å². The summed E-state index contributed by atoms with van der Waals surface area (Å²) < 4.78 is 0. The Morgan fingerprint density at radius 1 is 1.88 bits per heavy atom. The maximum Gasteiger partial charge on any atom is 0.220 e. The van der Waals surface area contributed by atoms with Gasteiger partial charge in [-0.1, -0.05) is 0 Å². The Balaban J connectivity index is 2.69. The maximum atomic E-state index is 10.6. The molecule has 0 unspecified atom stereocenters. The Bertz CT molecular complexity index is 154. The summed E-state index contributed by atoms with van der Waals surface area (Å²) in [6, 6.07) is -0.222. The fraction of sp³-hybridized carbons (Fsp3) is 0.500. The summed E-state index contributed by atoms with van der Waals surface area (Å²) in [4.78, 5) is 14.3. The summed E-state index contributed by atoms with van der Waals surface area (Å²) in [5.74, 6) is 0. The van der Waals surface area contributed by atoms with Crippen molar-refractivity contribution in [1.82, 2.24) is 0 Å². The van der Waals surface area contributed by atoms with Crippen LogP contribution in [0.15, 0.2) is 4.99 Å². The van der Waals surface area contributed by atoms with Crippen molar-refractivity contribution in [3.63, 3.8) is 0 Å². The molecule has 1 aliphatic rings. The summed E-state index contributed by atoms with van der Waals surface area (Å²) in [5.41, 5.74) is 5.21. The average molecular weight is 130 g/mol. The van der Waals surface area contributed by atoms with E-state index in [1.165, 1.54) is 0 Å². The van der Waals surface area contributed by atoms with Gasteiger partial charge in [-0.3, -0.25) is 9.79 Å². The number of thioether (sulfide) groups is 1. The van der Waals surface area contributed by atoms with Crippen molar-refractivity contribution in [3.8, 4) is 0 Å². The molecule has 0 amide bonds. The highest BCUT2D eigenvalue weighted by molar-refractivity contribution is 8.26. The lowest BCUT2D eigenvalue weighted by atomic mass is 10.4. The molecule has 1 rings (SSSR count). The Morgan fingerprint density at radius 3 is 2.62 bits per heavy atom. The van der Waals surface area contributed by atoms with Crippen LogP contribution in [0.25, 0.3) is 0 Å². The molecule has 0 bridgehead atoms. The number of aliphatic imine (C=N–C) groups is 1. The molecule has 1 heterocycles. The third-order valence-electron chi connectivity index (χ3n) is 0.867. The molecule has 44 valence electrons. The smallest absolute Gasteiger partial charge is 0.220 e. The van der Waals surface area contributed by atoms with Gasteiger partial charge >= 0.3 is 0 Å². The minimum atomic E-state index is -0.222. The van der Waals surface area contributed by atoms with Gasteiger partial charge in [0, 0.05) is 0 Å². The summed E-state index contributed by atoms with van der Waals surface area (Å²) >= 11 is 1.02. The number of carbonyl (C=O) groups excluding carboxylic acids is 1. The first-order chi connectivity index (χ1) is 3.70. The van der Waals surface area contributed by atoms with E-state index in [0.717, 1.165) is 11.8 Å². The lowest BCUT2D eigenvalue weighted by Crippen LogP contribution is -2.03. The van der Waals surface area contributed by atoms with E-state index in [9.17, 15) is 4.79 Å². The number of amidine groups is 1. The molecule has 0 aromatic heterocycles. The fourth-order valence-electron chi connectivity index (χ4n) is 0.458. The first kappa shape index (κ1) is 5.62. The van der Waals surface area contributed by atoms with Crippen LogP contribution in [-0.2, 0) is 4.79 Å². The van der Waals surface area contributed by atoms with Crippen molar-refractivity contribution in [2.75, 3.05) is 0 Å². The van der Waals surface area contributed by atoms with Gasteiger partial charge < -0.3 is 5.73 Å². The molecule has 0 aromatic carbocycles. The Kier molecular flexibility index (Phi) is 1.25. The Labute approximate surface area is 51.3 Å². The number of rotatable bonds is 0. The van der Waals surface area contributed by atoms with Gasteiger partial charge in [-0.25, -0.2) is 0 Å². The van der Waals surface area contributed by atoms with E-state index in [1.54, 1.807) is 6.92 Å². The summed E-state index contributed by atoms with van der Waals surface area (Å²) in [6.07, 6.45) is 0. The molecule has 2 N–H and O–H groups in total. The van der Waals surface area contributed by atoms with Crippen molar-refractivity contribution >= 4 is 22.0 Å². The molecule has 8 heavy (non-hydrogen) atoms. The second kappa shape index (κ2) is 1.78. The summed E-state index contributed by atoms with van der Waals surface area (Å²) in [7, 11) is 0. The van der Waals surface area contributed by atoms with Gasteiger partial charge in [0.2, 0.25) is 5.12 Å². The standard InChI is InChI=1S/C4H6N2OS/c1-2-3(7)8-4(5)6-2/h2H,1H3,(H2,5,6)/t2-/m1/s1. The van der Waals surface area contributed by atoms with Gasteiger partial charge in [-0.15, -0.1) is 0 Å². The second-order valence-corrected chi connectivity index (χ2v) is 2.59. The first-order valence-corrected chi connectivity index (χ1v) is 3.07. The van der Waals surface area contributed by atoms with Crippen LogP contribution in [0, 0.1) is 0 Å². The van der Waals surface area contributed by atoms with Crippen molar-refractivity contribution in [2.45, 2.75) is 13.0 Å². The third-order valence-corrected chi connectivity index (χ3v) is 1.72. The van der Waals surface area contributed by atoms with Gasteiger partial charge in [0.15, 0.2) is 5.17 Å². The number of hydrogen-bond donors (Lipinski definition) is 1. The van der Waals surface area contributed by atoms with E-state index < -0.39 is 0 Å². The highest BCUT2D eigenvalue weighted by Crippen LogP contribution is 2.15. The molecule has 0 aromatic rings. The topological polar surface area (TPSA) is 55.4 Å². The fourth-order valence-corrected chi connectivity index (χ4v) is 1.10. The van der Waals surface area contributed by atoms with Crippen LogP contribution >= 0.6 is 11.8 Å². The molecule has 0 radical (unpaired) electrons. The van der Waals surface area contributed by atoms with Gasteiger partial charge in [-0.05, 0) is 18.7 Å². The summed E-state index contributed by atoms with van der Waals surface area (Å²) in [6.45, 7) is 1.73. The molecule has 0 fully saturated rings. The summed E-state index contributed by atoms with van der Waals surface area (Å²) in [5, 5.41) is 0.435. The molecule has 1 atom stereocenters. The highest BCUT2D eigenvalue weighted by Gasteiger charge is 2.20. The molecule has 3 nitrogen and oxygen atoms in total. The molecule has 0 saturated heterocycles. The maximum absolute atomic E-state index is 10.6. The molecular formula is C4H6N2OS. The normalized spacial score (nSPS) is 28.4. The molecule has 4 heteroatoms. The monoisotopic (exact) mass is 130 g/mol. The van der Waals surface area contributed by atoms with Crippen molar-refractivity contribution < 1.29 is 4.79 Å². The number of hydrogen-bond acceptors (Lipinski definition) is 4.